The number of hydrogen-bond acceptors (Lipinski definition) is 5. The van der Waals surface area contributed by atoms with Gasteiger partial charge in [0.2, 0.25) is 0 Å². The van der Waals surface area contributed by atoms with Crippen LogP contribution in [0, 0.1) is 0 Å². The van der Waals surface area contributed by atoms with Gasteiger partial charge in [0.1, 0.15) is 6.04 Å². The summed E-state index contributed by atoms with van der Waals surface area (Å²) in [6, 6.07) is 5.59. The van der Waals surface area contributed by atoms with Crippen LogP contribution >= 0.6 is 17.4 Å². The Morgan fingerprint density at radius 2 is 2.22 bits per heavy atom. The molecule has 2 unspecified atom stereocenters. The largest absolute Gasteiger partial charge is 0.443 e. The molecule has 0 fully saturated rings. The third-order valence-electron chi connectivity index (χ3n) is 2.24. The van der Waals surface area contributed by atoms with Crippen molar-refractivity contribution in [2.24, 2.45) is 5.73 Å². The molecule has 0 spiro atoms. The van der Waals surface area contributed by atoms with Gasteiger partial charge in [-0.2, -0.15) is 0 Å². The highest BCUT2D eigenvalue weighted by Crippen LogP contribution is 2.22. The molecule has 100 valence electrons. The van der Waals surface area contributed by atoms with Gasteiger partial charge in [0, 0.05) is 6.26 Å². The topological polar surface area (TPSA) is 86.5 Å². The minimum atomic E-state index is -3.25. The Morgan fingerprint density at radius 1 is 1.56 bits per heavy atom. The normalized spacial score (nSPS) is 13.7. The molecule has 2 N–H and O–H groups in total. The van der Waals surface area contributed by atoms with Crippen LogP contribution in [-0.2, 0) is 25.6 Å². The van der Waals surface area contributed by atoms with Gasteiger partial charge in [-0.3, -0.25) is 4.79 Å². The van der Waals surface area contributed by atoms with Crippen molar-refractivity contribution in [3.8, 4) is 0 Å². The van der Waals surface area contributed by atoms with E-state index in [1.54, 1.807) is 12.1 Å². The lowest BCUT2D eigenvalue weighted by Crippen LogP contribution is -2.32. The van der Waals surface area contributed by atoms with Crippen LogP contribution in [0.4, 0.5) is 0 Å². The zero-order valence-electron chi connectivity index (χ0n) is 9.79. The Hall–Kier alpha value is -0.540. The molecular weight excluding hydrogens is 292 g/mol. The summed E-state index contributed by atoms with van der Waals surface area (Å²) < 4.78 is 27.5. The molecule has 0 amide bonds. The third-order valence-corrected chi connectivity index (χ3v) is 4.03. The molecule has 0 saturated carbocycles. The molecule has 1 aromatic carbocycles. The first-order valence-electron chi connectivity index (χ1n) is 5.05. The first kappa shape index (κ1) is 15.5. The van der Waals surface area contributed by atoms with Gasteiger partial charge in [-0.15, -0.1) is 0 Å². The number of carbonyl (C=O) groups is 1. The van der Waals surface area contributed by atoms with Gasteiger partial charge >= 0.3 is 5.97 Å². The summed E-state index contributed by atoms with van der Waals surface area (Å²) in [6.07, 6.45) is 1.38. The molecule has 1 aromatic rings. The van der Waals surface area contributed by atoms with E-state index in [0.717, 1.165) is 6.26 Å². The molecule has 0 aromatic heterocycles. The molecule has 0 aliphatic carbocycles. The molecule has 8 heteroatoms. The Kier molecular flexibility index (Phi) is 5.67. The van der Waals surface area contributed by atoms with Crippen molar-refractivity contribution in [1.29, 1.82) is 0 Å². The molecule has 0 aliphatic rings. The van der Waals surface area contributed by atoms with Crippen LogP contribution in [0.2, 0.25) is 0 Å². The molecule has 1 rings (SSSR count). The molecule has 0 heterocycles. The lowest BCUT2D eigenvalue weighted by Gasteiger charge is -2.10. The van der Waals surface area contributed by atoms with Crippen molar-refractivity contribution in [1.82, 2.24) is 0 Å². The number of sulfone groups is 1. The number of hydrogen-bond donors (Lipinski definition) is 1. The van der Waals surface area contributed by atoms with Gasteiger partial charge in [-0.25, -0.2) is 8.42 Å². The van der Waals surface area contributed by atoms with Crippen molar-refractivity contribution >= 4 is 33.2 Å². The molecule has 5 nitrogen and oxygen atoms in total. The zero-order valence-corrected chi connectivity index (χ0v) is 12.8. The van der Waals surface area contributed by atoms with E-state index in [0.29, 0.717) is 5.56 Å². The second kappa shape index (κ2) is 6.58. The predicted octanol–water partition coefficient (Wildman–Crippen LogP) is 0.887. The fourth-order valence-electron chi connectivity index (χ4n) is 1.37. The van der Waals surface area contributed by atoms with Gasteiger partial charge in [0.05, 0.1) is 13.4 Å². The monoisotopic (exact) mass is 307 g/mol. The van der Waals surface area contributed by atoms with E-state index in [1.807, 2.05) is 0 Å². The maximum Gasteiger partial charge on any atom is 0.325 e. The Labute approximate surface area is 110 Å². The molecule has 0 aliphatic heterocycles. The standard InChI is InChI=1S/C10H15NO4P2S/c1-18(13,14)8-4-2-3-7(5-8)6-9(11)10(12)15-17-16/h2-5,9,17H,6,11,16H2,1H3/t9-/m0/s1. The highest BCUT2D eigenvalue weighted by Gasteiger charge is 2.16. The van der Waals surface area contributed by atoms with Crippen LogP contribution in [0.15, 0.2) is 29.2 Å². The van der Waals surface area contributed by atoms with Gasteiger partial charge in [-0.05, 0) is 24.1 Å². The van der Waals surface area contributed by atoms with Crippen molar-refractivity contribution in [2.45, 2.75) is 17.4 Å². The first-order chi connectivity index (χ1) is 8.34. The van der Waals surface area contributed by atoms with Gasteiger partial charge in [-0.1, -0.05) is 21.1 Å². The highest BCUT2D eigenvalue weighted by molar-refractivity contribution is 8.00. The van der Waals surface area contributed by atoms with Gasteiger partial charge in [0.25, 0.3) is 0 Å². The maximum atomic E-state index is 11.4. The Morgan fingerprint density at radius 3 is 2.78 bits per heavy atom. The lowest BCUT2D eigenvalue weighted by molar-refractivity contribution is -0.134. The van der Waals surface area contributed by atoms with E-state index < -0.39 is 21.8 Å². The second-order valence-corrected chi connectivity index (χ2v) is 6.93. The van der Waals surface area contributed by atoms with Crippen LogP contribution in [0.1, 0.15) is 5.56 Å². The van der Waals surface area contributed by atoms with Crippen LogP contribution in [0.5, 0.6) is 0 Å². The summed E-state index contributed by atoms with van der Waals surface area (Å²) in [7, 11) is -0.988. The summed E-state index contributed by atoms with van der Waals surface area (Å²) in [4.78, 5) is 11.6. The van der Waals surface area contributed by atoms with Crippen LogP contribution < -0.4 is 5.73 Å². The number of rotatable bonds is 5. The third kappa shape index (κ3) is 4.62. The summed E-state index contributed by atoms with van der Waals surface area (Å²) in [5, 5.41) is 0. The lowest BCUT2D eigenvalue weighted by atomic mass is 10.1. The van der Waals surface area contributed by atoms with E-state index >= 15 is 0 Å². The average molecular weight is 307 g/mol. The molecule has 0 radical (unpaired) electrons. The average Bonchev–Trinajstić information content (AvgIpc) is 2.28. The molecular formula is C10H15NO4P2S. The molecule has 0 bridgehead atoms. The van der Waals surface area contributed by atoms with Gasteiger partial charge < -0.3 is 10.3 Å². The smallest absolute Gasteiger partial charge is 0.325 e. The maximum absolute atomic E-state index is 11.4. The minimum absolute atomic E-state index is 0.0286. The van der Waals surface area contributed by atoms with Crippen molar-refractivity contribution < 1.29 is 17.7 Å². The van der Waals surface area contributed by atoms with E-state index in [9.17, 15) is 13.2 Å². The quantitative estimate of drug-likeness (QED) is 0.816. The number of benzene rings is 1. The summed E-state index contributed by atoms with van der Waals surface area (Å²) in [6.45, 7) is 0. The first-order valence-corrected chi connectivity index (χ1v) is 9.66. The van der Waals surface area contributed by atoms with E-state index in [4.69, 9.17) is 10.3 Å². The molecule has 18 heavy (non-hydrogen) atoms. The SMILES string of the molecule is CS(=O)(=O)c1cccc(C[C@H](N)C(=O)OPP)c1. The minimum Gasteiger partial charge on any atom is -0.443 e. The van der Waals surface area contributed by atoms with Crippen LogP contribution in [0.25, 0.3) is 0 Å². The molecule has 3 atom stereocenters. The number of nitrogens with two attached hydrogens (primary N) is 1. The summed E-state index contributed by atoms with van der Waals surface area (Å²) in [5.41, 5.74) is 6.35. The number of carbonyl (C=O) groups excluding carboxylic acids is 1. The van der Waals surface area contributed by atoms with Crippen molar-refractivity contribution in [3.05, 3.63) is 29.8 Å². The zero-order chi connectivity index (χ0) is 13.8. The fraction of sp³-hybridized carbons (Fsp3) is 0.300. The van der Waals surface area contributed by atoms with E-state index in [1.165, 1.54) is 12.1 Å². The Balaban J connectivity index is 2.83. The fourth-order valence-corrected chi connectivity index (χ4v) is 2.68. The van der Waals surface area contributed by atoms with E-state index in [2.05, 4.69) is 8.93 Å². The predicted molar refractivity (Wildman–Crippen MR) is 75.3 cm³/mol. The summed E-state index contributed by atoms with van der Waals surface area (Å²) >= 11 is 0. The summed E-state index contributed by atoms with van der Waals surface area (Å²) in [5.74, 6) is -0.493. The van der Waals surface area contributed by atoms with Crippen molar-refractivity contribution in [2.75, 3.05) is 6.26 Å². The molecule has 0 saturated heterocycles. The van der Waals surface area contributed by atoms with Gasteiger partial charge in [0.15, 0.2) is 9.84 Å². The second-order valence-electron chi connectivity index (χ2n) is 3.77. The Bertz CT molecular complexity index is 532. The van der Waals surface area contributed by atoms with Crippen LogP contribution in [0.3, 0.4) is 0 Å². The van der Waals surface area contributed by atoms with Crippen LogP contribution in [-0.4, -0.2) is 26.7 Å². The van der Waals surface area contributed by atoms with Crippen molar-refractivity contribution in [3.63, 3.8) is 0 Å². The van der Waals surface area contributed by atoms with E-state index in [-0.39, 0.29) is 19.8 Å². The highest BCUT2D eigenvalue weighted by atomic mass is 32.2.